The highest BCUT2D eigenvalue weighted by Crippen LogP contribution is 2.37. The summed E-state index contributed by atoms with van der Waals surface area (Å²) in [6.07, 6.45) is -5.75. The standard InChI is InChI=1S/C27H29F3N6O5S/c1-3-41-26(38)36-23-17-35(42(39,40)19-7-5-4-6-8-19)16-21(23)24(32-36)31-25(37)20-10-9-18(15-22(20)27(28,29)30)34-13-11-33(2)12-14-34/h4-10,15H,3,11-14,16-17H2,1-2H3,(H,31,32,37). The molecule has 15 heteroatoms. The Bertz CT molecular complexity index is 1600. The number of anilines is 2. The van der Waals surface area contributed by atoms with Crippen LogP contribution in [0.2, 0.25) is 0 Å². The SMILES string of the molecule is CCOC(=O)n1nc(NC(=O)c2ccc(N3CCN(C)CC3)cc2C(F)(F)F)c2c1CN(S(=O)(=O)c1ccccc1)C2. The highest BCUT2D eigenvalue weighted by Gasteiger charge is 2.39. The van der Waals surface area contributed by atoms with Crippen LogP contribution in [0.4, 0.5) is 29.5 Å². The molecule has 0 spiro atoms. The fraction of sp³-hybridized carbons (Fsp3) is 0.370. The molecule has 2 aliphatic rings. The van der Waals surface area contributed by atoms with E-state index < -0.39 is 39.3 Å². The van der Waals surface area contributed by atoms with Crippen molar-refractivity contribution in [1.82, 2.24) is 19.0 Å². The number of alkyl halides is 3. The lowest BCUT2D eigenvalue weighted by atomic mass is 10.0. The molecule has 3 aromatic rings. The normalized spacial score (nSPS) is 16.4. The minimum absolute atomic E-state index is 0.00418. The van der Waals surface area contributed by atoms with E-state index in [1.807, 2.05) is 11.9 Å². The van der Waals surface area contributed by atoms with Gasteiger partial charge in [0.1, 0.15) is 0 Å². The maximum Gasteiger partial charge on any atom is 0.435 e. The number of benzene rings is 2. The van der Waals surface area contributed by atoms with Gasteiger partial charge in [0, 0.05) is 44.0 Å². The number of hydrogen-bond acceptors (Lipinski definition) is 8. The van der Waals surface area contributed by atoms with E-state index in [0.717, 1.165) is 21.1 Å². The third-order valence-corrected chi connectivity index (χ3v) is 9.03. The monoisotopic (exact) mass is 606 g/mol. The summed E-state index contributed by atoms with van der Waals surface area (Å²) in [6.45, 7) is 3.50. The third kappa shape index (κ3) is 5.71. The van der Waals surface area contributed by atoms with E-state index in [9.17, 15) is 31.2 Å². The molecule has 2 aromatic carbocycles. The first-order chi connectivity index (χ1) is 19.9. The molecule has 42 heavy (non-hydrogen) atoms. The lowest BCUT2D eigenvalue weighted by molar-refractivity contribution is -0.137. The minimum atomic E-state index is -4.83. The van der Waals surface area contributed by atoms with Gasteiger partial charge in [-0.1, -0.05) is 18.2 Å². The Balaban J connectivity index is 1.47. The average Bonchev–Trinajstić information content (AvgIpc) is 3.54. The summed E-state index contributed by atoms with van der Waals surface area (Å²) in [5, 5.41) is 6.47. The van der Waals surface area contributed by atoms with E-state index in [-0.39, 0.29) is 41.7 Å². The molecular formula is C27H29F3N6O5S. The molecule has 5 rings (SSSR count). The van der Waals surface area contributed by atoms with Crippen molar-refractivity contribution in [2.24, 2.45) is 0 Å². The van der Waals surface area contributed by atoms with Crippen LogP contribution in [0, 0.1) is 0 Å². The summed E-state index contributed by atoms with van der Waals surface area (Å²) < 4.78 is 75.9. The number of carbonyl (C=O) groups is 2. The van der Waals surface area contributed by atoms with Crippen molar-refractivity contribution in [3.8, 4) is 0 Å². The summed E-state index contributed by atoms with van der Waals surface area (Å²) in [4.78, 5) is 29.8. The molecule has 0 saturated carbocycles. The number of carbonyl (C=O) groups excluding carboxylic acids is 2. The van der Waals surface area contributed by atoms with Crippen molar-refractivity contribution in [3.63, 3.8) is 0 Å². The topological polar surface area (TPSA) is 117 Å². The van der Waals surface area contributed by atoms with Crippen LogP contribution in [-0.2, 0) is 34.0 Å². The van der Waals surface area contributed by atoms with Gasteiger partial charge in [-0.3, -0.25) is 4.79 Å². The Morgan fingerprint density at radius 3 is 2.36 bits per heavy atom. The van der Waals surface area contributed by atoms with Crippen LogP contribution in [-0.4, -0.2) is 79.2 Å². The Morgan fingerprint density at radius 2 is 1.71 bits per heavy atom. The molecule has 0 aliphatic carbocycles. The smallest absolute Gasteiger partial charge is 0.435 e. The van der Waals surface area contributed by atoms with E-state index >= 15 is 0 Å². The number of aromatic nitrogens is 2. The Kier molecular flexibility index (Phi) is 8.00. The van der Waals surface area contributed by atoms with Crippen LogP contribution in [0.3, 0.4) is 0 Å². The van der Waals surface area contributed by atoms with Crippen LogP contribution in [0.25, 0.3) is 0 Å². The first-order valence-corrected chi connectivity index (χ1v) is 14.6. The summed E-state index contributed by atoms with van der Waals surface area (Å²) in [7, 11) is -2.07. The molecule has 0 radical (unpaired) electrons. The van der Waals surface area contributed by atoms with Crippen molar-refractivity contribution in [1.29, 1.82) is 0 Å². The number of nitrogens with one attached hydrogen (secondary N) is 1. The summed E-state index contributed by atoms with van der Waals surface area (Å²) in [5.74, 6) is -1.34. The number of sulfonamides is 1. The fourth-order valence-corrected chi connectivity index (χ4v) is 6.35. The Hall–Kier alpha value is -3.95. The van der Waals surface area contributed by atoms with Gasteiger partial charge in [-0.15, -0.1) is 5.10 Å². The largest absolute Gasteiger partial charge is 0.448 e. The number of likely N-dealkylation sites (N-methyl/N-ethyl adjacent to an activating group) is 1. The van der Waals surface area contributed by atoms with Crippen LogP contribution in [0.1, 0.15) is 34.1 Å². The maximum absolute atomic E-state index is 14.2. The second-order valence-electron chi connectivity index (χ2n) is 9.94. The number of fused-ring (bicyclic) bond motifs is 1. The van der Waals surface area contributed by atoms with Gasteiger partial charge in [-0.05, 0) is 44.3 Å². The van der Waals surface area contributed by atoms with Crippen molar-refractivity contribution < 1.29 is 35.9 Å². The Labute approximate surface area is 240 Å². The number of ether oxygens (including phenoxy) is 1. The highest BCUT2D eigenvalue weighted by atomic mass is 32.2. The number of hydrogen-bond donors (Lipinski definition) is 1. The highest BCUT2D eigenvalue weighted by molar-refractivity contribution is 7.89. The lowest BCUT2D eigenvalue weighted by Gasteiger charge is -2.34. The first-order valence-electron chi connectivity index (χ1n) is 13.2. The third-order valence-electron chi connectivity index (χ3n) is 7.23. The van der Waals surface area contributed by atoms with Crippen molar-refractivity contribution >= 4 is 33.5 Å². The summed E-state index contributed by atoms with van der Waals surface area (Å²) in [5.41, 5.74) is -1.08. The molecule has 1 N–H and O–H groups in total. The van der Waals surface area contributed by atoms with Gasteiger partial charge in [-0.2, -0.15) is 22.2 Å². The van der Waals surface area contributed by atoms with Gasteiger partial charge in [0.2, 0.25) is 10.0 Å². The van der Waals surface area contributed by atoms with Gasteiger partial charge in [-0.25, -0.2) is 13.2 Å². The number of amides is 1. The predicted molar refractivity (Wildman–Crippen MR) is 147 cm³/mol. The summed E-state index contributed by atoms with van der Waals surface area (Å²) in [6, 6.07) is 11.2. The lowest BCUT2D eigenvalue weighted by Crippen LogP contribution is -2.44. The summed E-state index contributed by atoms with van der Waals surface area (Å²) >= 11 is 0. The van der Waals surface area contributed by atoms with E-state index in [0.29, 0.717) is 31.9 Å². The molecule has 2 aliphatic heterocycles. The minimum Gasteiger partial charge on any atom is -0.448 e. The Morgan fingerprint density at radius 1 is 1.02 bits per heavy atom. The molecule has 1 saturated heterocycles. The zero-order chi connectivity index (χ0) is 30.2. The first kappa shape index (κ1) is 29.5. The second kappa shape index (κ2) is 11.4. The number of piperazine rings is 1. The van der Waals surface area contributed by atoms with Crippen LogP contribution in [0.5, 0.6) is 0 Å². The quantitative estimate of drug-likeness (QED) is 0.453. The van der Waals surface area contributed by atoms with Gasteiger partial charge in [0.15, 0.2) is 5.82 Å². The van der Waals surface area contributed by atoms with Crippen molar-refractivity contribution in [2.45, 2.75) is 31.1 Å². The zero-order valence-electron chi connectivity index (χ0n) is 22.9. The van der Waals surface area contributed by atoms with Gasteiger partial charge >= 0.3 is 12.3 Å². The molecule has 1 aromatic heterocycles. The molecule has 3 heterocycles. The maximum atomic E-state index is 14.2. The number of nitrogens with zero attached hydrogens (tertiary/aromatic N) is 5. The van der Waals surface area contributed by atoms with Crippen LogP contribution in [0.15, 0.2) is 53.4 Å². The molecule has 0 bridgehead atoms. The van der Waals surface area contributed by atoms with E-state index in [4.69, 9.17) is 4.74 Å². The zero-order valence-corrected chi connectivity index (χ0v) is 23.7. The van der Waals surface area contributed by atoms with E-state index in [2.05, 4.69) is 15.3 Å². The van der Waals surface area contributed by atoms with Gasteiger partial charge in [0.25, 0.3) is 5.91 Å². The van der Waals surface area contributed by atoms with Crippen LogP contribution < -0.4 is 10.2 Å². The fourth-order valence-electron chi connectivity index (χ4n) is 4.96. The molecule has 1 fully saturated rings. The molecule has 1 amide bonds. The van der Waals surface area contributed by atoms with Gasteiger partial charge < -0.3 is 19.9 Å². The van der Waals surface area contributed by atoms with E-state index in [1.165, 1.54) is 18.2 Å². The molecule has 0 unspecified atom stereocenters. The van der Waals surface area contributed by atoms with E-state index in [1.54, 1.807) is 25.1 Å². The van der Waals surface area contributed by atoms with Crippen LogP contribution >= 0.6 is 0 Å². The van der Waals surface area contributed by atoms with Crippen molar-refractivity contribution in [3.05, 3.63) is 70.9 Å². The molecule has 11 nitrogen and oxygen atoms in total. The average molecular weight is 607 g/mol. The molecule has 224 valence electrons. The second-order valence-corrected chi connectivity index (χ2v) is 11.9. The predicted octanol–water partition coefficient (Wildman–Crippen LogP) is 3.62. The molecular weight excluding hydrogens is 577 g/mol. The number of rotatable bonds is 6. The van der Waals surface area contributed by atoms with Gasteiger partial charge in [0.05, 0.1) is 34.9 Å². The van der Waals surface area contributed by atoms with Crippen molar-refractivity contribution in [2.75, 3.05) is 50.1 Å². The molecule has 0 atom stereocenters. The number of halogens is 3.